The van der Waals surface area contributed by atoms with Gasteiger partial charge in [0.05, 0.1) is 12.7 Å². The lowest BCUT2D eigenvalue weighted by atomic mass is 9.95. The van der Waals surface area contributed by atoms with Crippen molar-refractivity contribution in [3.05, 3.63) is 28.3 Å². The van der Waals surface area contributed by atoms with Gasteiger partial charge in [0.2, 0.25) is 0 Å². The molecule has 0 bridgehead atoms. The smallest absolute Gasteiger partial charge is 0.168 e. The van der Waals surface area contributed by atoms with Crippen molar-refractivity contribution in [2.24, 2.45) is 0 Å². The van der Waals surface area contributed by atoms with Gasteiger partial charge in [-0.1, -0.05) is 6.07 Å². The fourth-order valence-electron chi connectivity index (χ4n) is 2.02. The maximum absolute atomic E-state index is 12.1. The van der Waals surface area contributed by atoms with Gasteiger partial charge in [-0.25, -0.2) is 0 Å². The van der Waals surface area contributed by atoms with Crippen LogP contribution in [0, 0.1) is 20.8 Å². The number of hydrogen-bond donors (Lipinski definition) is 1. The van der Waals surface area contributed by atoms with E-state index in [0.717, 1.165) is 28.0 Å². The maximum atomic E-state index is 12.1. The minimum atomic E-state index is 0.136. The quantitative estimate of drug-likeness (QED) is 0.796. The summed E-state index contributed by atoms with van der Waals surface area (Å²) in [6.45, 7) is 6.67. The van der Waals surface area contributed by atoms with Crippen molar-refractivity contribution in [2.75, 3.05) is 20.7 Å². The predicted octanol–water partition coefficient (Wildman–Crippen LogP) is 2.41. The summed E-state index contributed by atoms with van der Waals surface area (Å²) < 4.78 is 5.40. The number of carbonyl (C=O) groups excluding carboxylic acids is 1. The average Bonchev–Trinajstić information content (AvgIpc) is 2.30. The second-order valence-electron chi connectivity index (χ2n) is 4.32. The Hall–Kier alpha value is -1.35. The fraction of sp³-hybridized carbons (Fsp3) is 0.500. The van der Waals surface area contributed by atoms with Crippen LogP contribution < -0.4 is 10.1 Å². The van der Waals surface area contributed by atoms with Gasteiger partial charge in [0.15, 0.2) is 5.78 Å². The van der Waals surface area contributed by atoms with E-state index in [-0.39, 0.29) is 5.78 Å². The molecule has 0 saturated heterocycles. The van der Waals surface area contributed by atoms with E-state index in [1.165, 1.54) is 0 Å². The Morgan fingerprint density at radius 2 is 1.94 bits per heavy atom. The highest BCUT2D eigenvalue weighted by atomic mass is 16.5. The van der Waals surface area contributed by atoms with Gasteiger partial charge < -0.3 is 10.1 Å². The number of nitrogens with one attached hydrogen (secondary N) is 1. The van der Waals surface area contributed by atoms with Crippen molar-refractivity contribution in [1.29, 1.82) is 0 Å². The Balaban J connectivity index is 3.22. The van der Waals surface area contributed by atoms with E-state index in [1.54, 1.807) is 7.11 Å². The van der Waals surface area contributed by atoms with Crippen molar-refractivity contribution in [3.63, 3.8) is 0 Å². The van der Waals surface area contributed by atoms with Crippen LogP contribution in [0.3, 0.4) is 0 Å². The van der Waals surface area contributed by atoms with E-state index in [1.807, 2.05) is 33.9 Å². The van der Waals surface area contributed by atoms with Crippen LogP contribution in [0.15, 0.2) is 6.07 Å². The number of hydrogen-bond acceptors (Lipinski definition) is 3. The zero-order valence-corrected chi connectivity index (χ0v) is 11.3. The van der Waals surface area contributed by atoms with Gasteiger partial charge >= 0.3 is 0 Å². The van der Waals surface area contributed by atoms with Crippen LogP contribution in [0.4, 0.5) is 0 Å². The first-order chi connectivity index (χ1) is 8.02. The number of benzene rings is 1. The maximum Gasteiger partial charge on any atom is 0.168 e. The minimum Gasteiger partial charge on any atom is -0.496 e. The molecule has 1 aromatic carbocycles. The first-order valence-electron chi connectivity index (χ1n) is 5.85. The third-order valence-corrected chi connectivity index (χ3v) is 3.07. The van der Waals surface area contributed by atoms with E-state index in [0.29, 0.717) is 13.0 Å². The van der Waals surface area contributed by atoms with Gasteiger partial charge in [-0.05, 0) is 44.5 Å². The summed E-state index contributed by atoms with van der Waals surface area (Å²) in [5.74, 6) is 0.861. The normalized spacial score (nSPS) is 10.4. The van der Waals surface area contributed by atoms with Crippen molar-refractivity contribution in [3.8, 4) is 5.75 Å². The first kappa shape index (κ1) is 13.7. The highest BCUT2D eigenvalue weighted by Crippen LogP contribution is 2.30. The highest BCUT2D eigenvalue weighted by molar-refractivity contribution is 6.00. The Morgan fingerprint density at radius 1 is 1.29 bits per heavy atom. The number of aryl methyl sites for hydroxylation is 2. The molecule has 3 nitrogen and oxygen atoms in total. The van der Waals surface area contributed by atoms with Gasteiger partial charge in [0.1, 0.15) is 5.75 Å². The van der Waals surface area contributed by atoms with Crippen LogP contribution in [-0.2, 0) is 0 Å². The molecule has 1 rings (SSSR count). The molecule has 0 heterocycles. The summed E-state index contributed by atoms with van der Waals surface area (Å²) >= 11 is 0. The number of ether oxygens (including phenoxy) is 1. The third kappa shape index (κ3) is 2.86. The van der Waals surface area contributed by atoms with Gasteiger partial charge in [-0.3, -0.25) is 4.79 Å². The number of rotatable bonds is 5. The van der Waals surface area contributed by atoms with E-state index < -0.39 is 0 Å². The van der Waals surface area contributed by atoms with Gasteiger partial charge in [-0.2, -0.15) is 0 Å². The monoisotopic (exact) mass is 235 g/mol. The van der Waals surface area contributed by atoms with E-state index in [4.69, 9.17) is 4.74 Å². The molecule has 0 spiro atoms. The largest absolute Gasteiger partial charge is 0.496 e. The predicted molar refractivity (Wildman–Crippen MR) is 70.1 cm³/mol. The van der Waals surface area contributed by atoms with Gasteiger partial charge in [0, 0.05) is 13.0 Å². The Labute approximate surface area is 103 Å². The lowest BCUT2D eigenvalue weighted by molar-refractivity contribution is 0.0979. The van der Waals surface area contributed by atoms with Crippen molar-refractivity contribution >= 4 is 5.78 Å². The van der Waals surface area contributed by atoms with Crippen molar-refractivity contribution in [1.82, 2.24) is 5.32 Å². The SMILES string of the molecule is CNCCC(=O)c1c(C)cc(C)c(C)c1OC. The number of carbonyl (C=O) groups is 1. The molecule has 0 atom stereocenters. The summed E-state index contributed by atoms with van der Waals surface area (Å²) in [6, 6.07) is 2.05. The lowest BCUT2D eigenvalue weighted by Crippen LogP contribution is -2.15. The molecule has 0 unspecified atom stereocenters. The molecule has 0 saturated carbocycles. The third-order valence-electron chi connectivity index (χ3n) is 3.07. The summed E-state index contributed by atoms with van der Waals surface area (Å²) in [6.07, 6.45) is 0.496. The molecule has 0 fully saturated rings. The standard InChI is InChI=1S/C14H21NO2/c1-9-8-10(2)13(12(16)6-7-15-4)14(17-5)11(9)3/h8,15H,6-7H2,1-5H3. The summed E-state index contributed by atoms with van der Waals surface area (Å²) in [7, 11) is 3.47. The zero-order valence-electron chi connectivity index (χ0n) is 11.3. The van der Waals surface area contributed by atoms with Crippen LogP contribution in [0.2, 0.25) is 0 Å². The number of methoxy groups -OCH3 is 1. The molecule has 0 aromatic heterocycles. The van der Waals surface area contributed by atoms with Crippen LogP contribution in [0.1, 0.15) is 33.5 Å². The Kier molecular flexibility index (Phi) is 4.70. The molecule has 0 aliphatic rings. The Bertz CT molecular complexity index is 425. The molecule has 0 aliphatic heterocycles. The molecule has 0 amide bonds. The van der Waals surface area contributed by atoms with Crippen LogP contribution in [0.25, 0.3) is 0 Å². The second kappa shape index (κ2) is 5.82. The zero-order chi connectivity index (χ0) is 13.0. The van der Waals surface area contributed by atoms with Crippen LogP contribution in [0.5, 0.6) is 5.75 Å². The molecule has 1 N–H and O–H groups in total. The summed E-state index contributed by atoms with van der Waals surface area (Å²) in [5.41, 5.74) is 3.92. The molecule has 0 aliphatic carbocycles. The van der Waals surface area contributed by atoms with Crippen LogP contribution >= 0.6 is 0 Å². The molecule has 1 aromatic rings. The van der Waals surface area contributed by atoms with Crippen LogP contribution in [-0.4, -0.2) is 26.5 Å². The first-order valence-corrected chi connectivity index (χ1v) is 5.85. The minimum absolute atomic E-state index is 0.136. The van der Waals surface area contributed by atoms with Gasteiger partial charge in [0.25, 0.3) is 0 Å². The Morgan fingerprint density at radius 3 is 2.47 bits per heavy atom. The highest BCUT2D eigenvalue weighted by Gasteiger charge is 2.18. The van der Waals surface area contributed by atoms with E-state index >= 15 is 0 Å². The molecular weight excluding hydrogens is 214 g/mol. The molecule has 94 valence electrons. The summed E-state index contributed by atoms with van der Waals surface area (Å²) in [4.78, 5) is 12.1. The van der Waals surface area contributed by atoms with E-state index in [9.17, 15) is 4.79 Å². The van der Waals surface area contributed by atoms with E-state index in [2.05, 4.69) is 5.32 Å². The fourth-order valence-corrected chi connectivity index (χ4v) is 2.02. The second-order valence-corrected chi connectivity index (χ2v) is 4.32. The summed E-state index contributed by atoms with van der Waals surface area (Å²) in [5, 5.41) is 2.99. The lowest BCUT2D eigenvalue weighted by Gasteiger charge is -2.15. The topological polar surface area (TPSA) is 38.3 Å². The molecule has 3 heteroatoms. The molecule has 0 radical (unpaired) electrons. The van der Waals surface area contributed by atoms with Crippen molar-refractivity contribution < 1.29 is 9.53 Å². The number of Topliss-reactive ketones (excluding diaryl/α,β-unsaturated/α-hetero) is 1. The van der Waals surface area contributed by atoms with Crippen molar-refractivity contribution in [2.45, 2.75) is 27.2 Å². The molecular formula is C14H21NO2. The van der Waals surface area contributed by atoms with Gasteiger partial charge in [-0.15, -0.1) is 0 Å². The number of ketones is 1. The molecule has 17 heavy (non-hydrogen) atoms. The average molecular weight is 235 g/mol.